The van der Waals surface area contributed by atoms with Crippen LogP contribution in [-0.4, -0.2) is 3.21 Å². The van der Waals surface area contributed by atoms with Gasteiger partial charge in [0.05, 0.1) is 0 Å². The van der Waals surface area contributed by atoms with Crippen molar-refractivity contribution in [3.05, 3.63) is 174 Å². The van der Waals surface area contributed by atoms with Crippen molar-refractivity contribution in [3.63, 3.8) is 0 Å². The van der Waals surface area contributed by atoms with Gasteiger partial charge in [0.1, 0.15) is 0 Å². The molecule has 264 valence electrons. The first-order valence-corrected chi connectivity index (χ1v) is 19.1. The molecule has 0 atom stereocenters. The van der Waals surface area contributed by atoms with Crippen molar-refractivity contribution in [1.82, 2.24) is 0 Å². The fourth-order valence-corrected chi connectivity index (χ4v) is 7.62. The molecule has 0 fully saturated rings. The molecule has 8 rings (SSSR count). The molecule has 52 heavy (non-hydrogen) atoms. The predicted molar refractivity (Wildman–Crippen MR) is 231 cm³/mol. The molecule has 1 aliphatic rings. The molecule has 1 aliphatic carbocycles. The summed E-state index contributed by atoms with van der Waals surface area (Å²) in [5.41, 5.74) is 6.09. The molecule has 0 unspecified atom stereocenters. The molecule has 0 heterocycles. The van der Waals surface area contributed by atoms with Crippen LogP contribution in [0.5, 0.6) is 0 Å². The zero-order valence-corrected chi connectivity index (χ0v) is 35.4. The van der Waals surface area contributed by atoms with Crippen LogP contribution >= 0.6 is 24.8 Å². The molecule has 0 spiro atoms. The van der Waals surface area contributed by atoms with Crippen LogP contribution in [0.15, 0.2) is 146 Å². The Morgan fingerprint density at radius 2 is 1.02 bits per heavy atom. The van der Waals surface area contributed by atoms with Crippen LogP contribution < -0.4 is 0 Å². The average Bonchev–Trinajstić information content (AvgIpc) is 3.80. The van der Waals surface area contributed by atoms with Crippen LogP contribution in [0.1, 0.15) is 70.2 Å². The molecule has 0 bridgehead atoms. The molecule has 0 nitrogen and oxygen atoms in total. The third-order valence-electron chi connectivity index (χ3n) is 9.59. The summed E-state index contributed by atoms with van der Waals surface area (Å²) < 4.78 is 1.59. The fraction of sp³-hybridized carbons (Fsp3) is 0.224. The van der Waals surface area contributed by atoms with Crippen molar-refractivity contribution in [3.8, 4) is 0 Å². The Balaban J connectivity index is 0.000000199. The van der Waals surface area contributed by atoms with Crippen LogP contribution in [0, 0.1) is 6.08 Å². The number of rotatable bonds is 4. The standard InChI is InChI=1S/C23H18.C21H25.C5H5.2ClH.Zr/c1-3-16-22-18(8-1)10-5-12-20(22)14-7-15-21-13-6-11-19-9-2-4-17-23(19)21;1-20(2,3)16-9-7-14-11-15-8-10-17(21(4,5)6)13-19(15)18(14)12-16;1-2-4-5-3-1;;;/h1-6,8-13,16-17H,14-15H2;7-13H,1-6H3;1-3H,4H2;2*1H;/q;2*-1;;;+2. The summed E-state index contributed by atoms with van der Waals surface area (Å²) >= 11 is 1.53. The Morgan fingerprint density at radius 1 is 0.577 bits per heavy atom. The van der Waals surface area contributed by atoms with Gasteiger partial charge in [-0.1, -0.05) is 76.9 Å². The van der Waals surface area contributed by atoms with Gasteiger partial charge >= 0.3 is 158 Å². The molecule has 7 aromatic rings. The van der Waals surface area contributed by atoms with Crippen molar-refractivity contribution in [2.45, 2.75) is 71.6 Å². The molecule has 0 saturated carbocycles. The minimum absolute atomic E-state index is 0. The summed E-state index contributed by atoms with van der Waals surface area (Å²) in [6.07, 6.45) is 12.1. The molecule has 0 N–H and O–H groups in total. The van der Waals surface area contributed by atoms with Gasteiger partial charge < -0.3 is 0 Å². The minimum atomic E-state index is 0. The molecule has 3 heteroatoms. The van der Waals surface area contributed by atoms with Crippen LogP contribution in [0.3, 0.4) is 0 Å². The number of hydrogen-bond acceptors (Lipinski definition) is 0. The van der Waals surface area contributed by atoms with Crippen LogP contribution in [0.2, 0.25) is 0 Å². The fourth-order valence-electron chi connectivity index (χ4n) is 6.69. The topological polar surface area (TPSA) is 0 Å². The quantitative estimate of drug-likeness (QED) is 0.156. The van der Waals surface area contributed by atoms with E-state index in [0.29, 0.717) is 0 Å². The van der Waals surface area contributed by atoms with Gasteiger partial charge in [-0.3, -0.25) is 6.08 Å². The van der Waals surface area contributed by atoms with Crippen LogP contribution in [0.25, 0.3) is 43.1 Å². The monoisotopic (exact) mass is 798 g/mol. The van der Waals surface area contributed by atoms with Crippen molar-refractivity contribution in [2.75, 3.05) is 0 Å². The first-order chi connectivity index (χ1) is 24.0. The van der Waals surface area contributed by atoms with Gasteiger partial charge in [-0.15, -0.1) is 71.0 Å². The van der Waals surface area contributed by atoms with E-state index in [0.717, 1.165) is 19.3 Å². The van der Waals surface area contributed by atoms with Gasteiger partial charge in [-0.2, -0.15) is 6.08 Å². The van der Waals surface area contributed by atoms with E-state index in [2.05, 4.69) is 181 Å². The Kier molecular flexibility index (Phi) is 14.3. The van der Waals surface area contributed by atoms with E-state index < -0.39 is 0 Å². The molecule has 0 amide bonds. The summed E-state index contributed by atoms with van der Waals surface area (Å²) in [4.78, 5) is 0. The van der Waals surface area contributed by atoms with Crippen LogP contribution in [-0.2, 0) is 47.9 Å². The van der Waals surface area contributed by atoms with E-state index in [1.165, 1.54) is 89.6 Å². The Bertz CT molecular complexity index is 2170. The molecule has 0 saturated heterocycles. The first kappa shape index (κ1) is 41.3. The van der Waals surface area contributed by atoms with E-state index in [1.807, 2.05) is 12.2 Å². The normalized spacial score (nSPS) is 12.2. The number of allylic oxidation sites excluding steroid dienone is 4. The number of hydrogen-bond donors (Lipinski definition) is 0. The van der Waals surface area contributed by atoms with Gasteiger partial charge in [0, 0.05) is 0 Å². The number of fused-ring (bicyclic) bond motifs is 5. The number of halogens is 2. The maximum absolute atomic E-state index is 2.99. The Labute approximate surface area is 338 Å². The molecule has 0 aliphatic heterocycles. The van der Waals surface area contributed by atoms with Crippen molar-refractivity contribution in [1.29, 1.82) is 0 Å². The van der Waals surface area contributed by atoms with E-state index in [1.54, 1.807) is 3.21 Å². The second kappa shape index (κ2) is 18.0. The third-order valence-corrected chi connectivity index (χ3v) is 10.5. The van der Waals surface area contributed by atoms with Gasteiger partial charge in [0.2, 0.25) is 0 Å². The summed E-state index contributed by atoms with van der Waals surface area (Å²) in [5, 5.41) is 10.9. The van der Waals surface area contributed by atoms with E-state index in [-0.39, 0.29) is 35.6 Å². The Hall–Kier alpha value is -3.48. The second-order valence-corrected chi connectivity index (χ2v) is 17.2. The summed E-state index contributed by atoms with van der Waals surface area (Å²) in [6, 6.07) is 46.8. The predicted octanol–water partition coefficient (Wildman–Crippen LogP) is 14.0. The van der Waals surface area contributed by atoms with Gasteiger partial charge in [0.15, 0.2) is 0 Å². The van der Waals surface area contributed by atoms with E-state index >= 15 is 0 Å². The molecular weight excluding hydrogens is 751 g/mol. The van der Waals surface area contributed by atoms with Gasteiger partial charge in [-0.05, 0) is 10.8 Å². The summed E-state index contributed by atoms with van der Waals surface area (Å²) in [7, 11) is 0. The van der Waals surface area contributed by atoms with Gasteiger partial charge in [-0.25, -0.2) is 12.2 Å². The second-order valence-electron chi connectivity index (χ2n) is 15.5. The summed E-state index contributed by atoms with van der Waals surface area (Å²) in [5.74, 6) is 0. The molecule has 0 radical (unpaired) electrons. The van der Waals surface area contributed by atoms with Crippen molar-refractivity contribution in [2.24, 2.45) is 0 Å². The SMILES string of the molecule is CC(C)(C)c1ccc2[cH-]c3ccc(C(C)(C)C)cc3c2c1.Cl.Cl.[C-]1=CC=CC1.[Zr+2]=[C](Cc1cccc2ccccc12)Cc1cccc2ccccc12. The Morgan fingerprint density at radius 3 is 1.40 bits per heavy atom. The zero-order chi connectivity index (χ0) is 35.3. The zero-order valence-electron chi connectivity index (χ0n) is 31.3. The molecular formula is C49H50Cl2Zr. The van der Waals surface area contributed by atoms with Gasteiger partial charge in [0.25, 0.3) is 0 Å². The van der Waals surface area contributed by atoms with Crippen molar-refractivity contribution >= 4 is 71.1 Å². The summed E-state index contributed by atoms with van der Waals surface area (Å²) in [6.45, 7) is 13.7. The molecule has 0 aromatic heterocycles. The van der Waals surface area contributed by atoms with E-state index in [9.17, 15) is 0 Å². The third kappa shape index (κ3) is 10.1. The first-order valence-electron chi connectivity index (χ1n) is 17.8. The van der Waals surface area contributed by atoms with E-state index in [4.69, 9.17) is 0 Å². The molecule has 7 aromatic carbocycles. The number of benzene rings is 6. The van der Waals surface area contributed by atoms with Crippen LogP contribution in [0.4, 0.5) is 0 Å². The average molecular weight is 801 g/mol. The maximum atomic E-state index is 2.99. The van der Waals surface area contributed by atoms with Crippen molar-refractivity contribution < 1.29 is 24.2 Å².